The molecule has 0 bridgehead atoms. The Balaban J connectivity index is 1.70. The van der Waals surface area contributed by atoms with Gasteiger partial charge in [0.1, 0.15) is 0 Å². The molecule has 2 amide bonds. The number of amides is 2. The first kappa shape index (κ1) is 17.1. The van der Waals surface area contributed by atoms with Crippen molar-refractivity contribution in [3.63, 3.8) is 0 Å². The van der Waals surface area contributed by atoms with Crippen LogP contribution in [0.2, 0.25) is 0 Å². The fourth-order valence-corrected chi connectivity index (χ4v) is 2.79. The number of ether oxygens (including phenoxy) is 1. The third-order valence-corrected chi connectivity index (χ3v) is 4.20. The van der Waals surface area contributed by atoms with E-state index in [2.05, 4.69) is 10.3 Å². The van der Waals surface area contributed by atoms with E-state index >= 15 is 0 Å². The SMILES string of the molecule is CC1(C)COCCN1C(=O)c1ccc(NC(=O)c2cccnc2)cc1. The first-order valence-corrected chi connectivity index (χ1v) is 8.18. The second-order valence-corrected chi connectivity index (χ2v) is 6.59. The maximum absolute atomic E-state index is 12.7. The van der Waals surface area contributed by atoms with Crippen LogP contribution < -0.4 is 5.32 Å². The molecule has 3 rings (SSSR count). The quantitative estimate of drug-likeness (QED) is 0.933. The normalized spacial score (nSPS) is 16.3. The van der Waals surface area contributed by atoms with E-state index in [1.54, 1.807) is 42.6 Å². The van der Waals surface area contributed by atoms with Crippen LogP contribution in [0.25, 0.3) is 0 Å². The number of anilines is 1. The lowest BCUT2D eigenvalue weighted by Crippen LogP contribution is -2.55. The molecule has 25 heavy (non-hydrogen) atoms. The predicted molar refractivity (Wildman–Crippen MR) is 94.6 cm³/mol. The summed E-state index contributed by atoms with van der Waals surface area (Å²) in [5.41, 5.74) is 1.38. The molecule has 1 aliphatic rings. The lowest BCUT2D eigenvalue weighted by atomic mass is 10.0. The van der Waals surface area contributed by atoms with Gasteiger partial charge in [0, 0.05) is 30.2 Å². The van der Waals surface area contributed by atoms with Crippen LogP contribution in [0.4, 0.5) is 5.69 Å². The van der Waals surface area contributed by atoms with E-state index in [0.29, 0.717) is 36.6 Å². The lowest BCUT2D eigenvalue weighted by Gasteiger charge is -2.42. The molecule has 0 aliphatic carbocycles. The minimum atomic E-state index is -0.331. The van der Waals surface area contributed by atoms with Gasteiger partial charge >= 0.3 is 0 Å². The average molecular weight is 339 g/mol. The van der Waals surface area contributed by atoms with Crippen LogP contribution in [-0.2, 0) is 4.74 Å². The van der Waals surface area contributed by atoms with Crippen LogP contribution in [0, 0.1) is 0 Å². The second kappa shape index (κ2) is 7.03. The van der Waals surface area contributed by atoms with E-state index in [0.717, 1.165) is 0 Å². The Hall–Kier alpha value is -2.73. The first-order valence-electron chi connectivity index (χ1n) is 8.18. The summed E-state index contributed by atoms with van der Waals surface area (Å²) in [6, 6.07) is 10.3. The van der Waals surface area contributed by atoms with Gasteiger partial charge < -0.3 is 15.0 Å². The summed E-state index contributed by atoms with van der Waals surface area (Å²) in [6.07, 6.45) is 3.12. The summed E-state index contributed by atoms with van der Waals surface area (Å²) < 4.78 is 5.46. The monoisotopic (exact) mass is 339 g/mol. The minimum Gasteiger partial charge on any atom is -0.377 e. The summed E-state index contributed by atoms with van der Waals surface area (Å²) in [5.74, 6) is -0.264. The fraction of sp³-hybridized carbons (Fsp3) is 0.316. The molecule has 1 saturated heterocycles. The number of carbonyl (C=O) groups excluding carboxylic acids is 2. The van der Waals surface area contributed by atoms with E-state index < -0.39 is 0 Å². The van der Waals surface area contributed by atoms with Crippen molar-refractivity contribution in [2.24, 2.45) is 0 Å². The van der Waals surface area contributed by atoms with E-state index in [1.807, 2.05) is 18.7 Å². The number of hydrogen-bond donors (Lipinski definition) is 1. The van der Waals surface area contributed by atoms with Crippen LogP contribution in [0.5, 0.6) is 0 Å². The van der Waals surface area contributed by atoms with Gasteiger partial charge in [0.2, 0.25) is 0 Å². The fourth-order valence-electron chi connectivity index (χ4n) is 2.79. The van der Waals surface area contributed by atoms with Crippen LogP contribution in [0.3, 0.4) is 0 Å². The van der Waals surface area contributed by atoms with Crippen LogP contribution in [0.15, 0.2) is 48.8 Å². The summed E-state index contributed by atoms with van der Waals surface area (Å²) in [4.78, 5) is 30.6. The van der Waals surface area contributed by atoms with Crippen molar-refractivity contribution in [2.45, 2.75) is 19.4 Å². The maximum Gasteiger partial charge on any atom is 0.257 e. The predicted octanol–water partition coefficient (Wildman–Crippen LogP) is 2.58. The Morgan fingerprint density at radius 3 is 2.56 bits per heavy atom. The van der Waals surface area contributed by atoms with Crippen molar-refractivity contribution < 1.29 is 14.3 Å². The molecule has 0 radical (unpaired) electrons. The van der Waals surface area contributed by atoms with Gasteiger partial charge in [-0.15, -0.1) is 0 Å². The van der Waals surface area contributed by atoms with E-state index in [9.17, 15) is 9.59 Å². The molecule has 0 saturated carbocycles. The highest BCUT2D eigenvalue weighted by Crippen LogP contribution is 2.22. The molecule has 1 aliphatic heterocycles. The minimum absolute atomic E-state index is 0.0292. The van der Waals surface area contributed by atoms with Crippen molar-refractivity contribution in [2.75, 3.05) is 25.1 Å². The highest BCUT2D eigenvalue weighted by Gasteiger charge is 2.34. The summed E-state index contributed by atoms with van der Waals surface area (Å²) >= 11 is 0. The molecule has 1 aromatic heterocycles. The number of benzene rings is 1. The number of carbonyl (C=O) groups is 2. The third kappa shape index (κ3) is 3.85. The van der Waals surface area contributed by atoms with Gasteiger partial charge in [0.15, 0.2) is 0 Å². The Morgan fingerprint density at radius 2 is 1.92 bits per heavy atom. The Bertz CT molecular complexity index is 757. The number of rotatable bonds is 3. The molecule has 0 unspecified atom stereocenters. The lowest BCUT2D eigenvalue weighted by molar-refractivity contribution is -0.0370. The van der Waals surface area contributed by atoms with E-state index in [4.69, 9.17) is 4.74 Å². The van der Waals surface area contributed by atoms with Gasteiger partial charge in [-0.25, -0.2) is 0 Å². The van der Waals surface area contributed by atoms with Gasteiger partial charge in [-0.2, -0.15) is 0 Å². The Morgan fingerprint density at radius 1 is 1.16 bits per heavy atom. The standard InChI is InChI=1S/C19H21N3O3/c1-19(2)13-25-11-10-22(19)18(24)14-5-7-16(8-6-14)21-17(23)15-4-3-9-20-12-15/h3-9,12H,10-11,13H2,1-2H3,(H,21,23). The van der Waals surface area contributed by atoms with E-state index in [-0.39, 0.29) is 17.4 Å². The number of nitrogens with one attached hydrogen (secondary N) is 1. The summed E-state index contributed by atoms with van der Waals surface area (Å²) in [5, 5.41) is 2.80. The largest absolute Gasteiger partial charge is 0.377 e. The molecule has 0 atom stereocenters. The zero-order valence-electron chi connectivity index (χ0n) is 14.4. The van der Waals surface area contributed by atoms with Gasteiger partial charge in [-0.3, -0.25) is 14.6 Å². The zero-order chi connectivity index (χ0) is 17.9. The molecule has 0 spiro atoms. The number of pyridine rings is 1. The molecule has 6 nitrogen and oxygen atoms in total. The molecule has 2 aromatic rings. The summed E-state index contributed by atoms with van der Waals surface area (Å²) in [7, 11) is 0. The van der Waals surface area contributed by atoms with Gasteiger partial charge in [0.05, 0.1) is 24.3 Å². The van der Waals surface area contributed by atoms with Crippen molar-refractivity contribution >= 4 is 17.5 Å². The average Bonchev–Trinajstić information content (AvgIpc) is 2.62. The summed E-state index contributed by atoms with van der Waals surface area (Å²) in [6.45, 7) is 5.64. The van der Waals surface area contributed by atoms with Crippen molar-refractivity contribution in [1.82, 2.24) is 9.88 Å². The molecular weight excluding hydrogens is 318 g/mol. The van der Waals surface area contributed by atoms with Crippen molar-refractivity contribution in [3.05, 3.63) is 59.9 Å². The van der Waals surface area contributed by atoms with E-state index in [1.165, 1.54) is 6.20 Å². The number of aromatic nitrogens is 1. The van der Waals surface area contributed by atoms with Crippen LogP contribution in [-0.4, -0.2) is 47.0 Å². The smallest absolute Gasteiger partial charge is 0.257 e. The third-order valence-electron chi connectivity index (χ3n) is 4.20. The molecule has 6 heteroatoms. The zero-order valence-corrected chi connectivity index (χ0v) is 14.4. The highest BCUT2D eigenvalue weighted by atomic mass is 16.5. The number of nitrogens with zero attached hydrogens (tertiary/aromatic N) is 2. The molecule has 130 valence electrons. The molecule has 2 heterocycles. The highest BCUT2D eigenvalue weighted by molar-refractivity contribution is 6.04. The molecule has 1 aromatic carbocycles. The number of morpholine rings is 1. The molecular formula is C19H21N3O3. The second-order valence-electron chi connectivity index (χ2n) is 6.59. The van der Waals surface area contributed by atoms with Gasteiger partial charge in [0.25, 0.3) is 11.8 Å². The molecule has 1 N–H and O–H groups in total. The van der Waals surface area contributed by atoms with Crippen molar-refractivity contribution in [1.29, 1.82) is 0 Å². The van der Waals surface area contributed by atoms with Gasteiger partial charge in [-0.05, 0) is 50.2 Å². The van der Waals surface area contributed by atoms with Crippen LogP contribution >= 0.6 is 0 Å². The van der Waals surface area contributed by atoms with Crippen molar-refractivity contribution in [3.8, 4) is 0 Å². The Labute approximate surface area is 146 Å². The van der Waals surface area contributed by atoms with Gasteiger partial charge in [-0.1, -0.05) is 0 Å². The topological polar surface area (TPSA) is 71.5 Å². The number of hydrogen-bond acceptors (Lipinski definition) is 4. The molecule has 1 fully saturated rings. The first-order chi connectivity index (χ1) is 12.0. The van der Waals surface area contributed by atoms with Crippen LogP contribution in [0.1, 0.15) is 34.6 Å². The Kier molecular flexibility index (Phi) is 4.81. The maximum atomic E-state index is 12.7.